The zero-order valence-electron chi connectivity index (χ0n) is 12.6. The normalized spacial score (nSPS) is 22.2. The van der Waals surface area contributed by atoms with Gasteiger partial charge in [-0.25, -0.2) is 4.98 Å². The van der Waals surface area contributed by atoms with Gasteiger partial charge in [-0.1, -0.05) is 0 Å². The van der Waals surface area contributed by atoms with Crippen LogP contribution in [0.3, 0.4) is 0 Å². The number of nitriles is 1. The zero-order chi connectivity index (χ0) is 15.4. The standard InChI is InChI=1S/C16H20N4O2/c17-12-13-4-1-6-18-15(13)19-7-3-8-20(10-9-19)16(21)14-5-2-11-22-14/h1,4,6,14H,2-3,5,7-11H2/t14-/m1/s1. The summed E-state index contributed by atoms with van der Waals surface area (Å²) in [6.45, 7) is 3.59. The molecule has 0 saturated carbocycles. The molecule has 0 spiro atoms. The van der Waals surface area contributed by atoms with Crippen LogP contribution in [-0.2, 0) is 9.53 Å². The van der Waals surface area contributed by atoms with E-state index < -0.39 is 0 Å². The lowest BCUT2D eigenvalue weighted by Crippen LogP contribution is -2.41. The van der Waals surface area contributed by atoms with Crippen molar-refractivity contribution in [2.75, 3.05) is 37.7 Å². The van der Waals surface area contributed by atoms with Crippen LogP contribution in [0.15, 0.2) is 18.3 Å². The van der Waals surface area contributed by atoms with Gasteiger partial charge in [-0.05, 0) is 31.4 Å². The van der Waals surface area contributed by atoms with E-state index in [0.717, 1.165) is 38.2 Å². The third-order valence-corrected chi connectivity index (χ3v) is 4.22. The molecular formula is C16H20N4O2. The second kappa shape index (κ2) is 6.75. The summed E-state index contributed by atoms with van der Waals surface area (Å²) in [5, 5.41) is 9.21. The lowest BCUT2D eigenvalue weighted by molar-refractivity contribution is -0.140. The van der Waals surface area contributed by atoms with Gasteiger partial charge in [0.15, 0.2) is 0 Å². The number of nitrogens with zero attached hydrogens (tertiary/aromatic N) is 4. The largest absolute Gasteiger partial charge is 0.368 e. The second-order valence-electron chi connectivity index (χ2n) is 5.65. The highest BCUT2D eigenvalue weighted by Crippen LogP contribution is 2.20. The summed E-state index contributed by atoms with van der Waals surface area (Å²) < 4.78 is 5.50. The first kappa shape index (κ1) is 14.8. The summed E-state index contributed by atoms with van der Waals surface area (Å²) in [7, 11) is 0. The van der Waals surface area contributed by atoms with Crippen LogP contribution < -0.4 is 4.90 Å². The molecule has 0 radical (unpaired) electrons. The van der Waals surface area contributed by atoms with Crippen molar-refractivity contribution in [2.24, 2.45) is 0 Å². The van der Waals surface area contributed by atoms with E-state index in [1.54, 1.807) is 18.3 Å². The van der Waals surface area contributed by atoms with Crippen LogP contribution in [0, 0.1) is 11.3 Å². The molecule has 0 aromatic carbocycles. The average Bonchev–Trinajstić information content (AvgIpc) is 2.99. The quantitative estimate of drug-likeness (QED) is 0.820. The Labute approximate surface area is 130 Å². The molecule has 2 aliphatic heterocycles. The molecule has 1 amide bonds. The minimum absolute atomic E-state index is 0.112. The maximum absolute atomic E-state index is 12.4. The van der Waals surface area contributed by atoms with Crippen LogP contribution in [-0.4, -0.2) is 54.7 Å². The Morgan fingerprint density at radius 2 is 2.23 bits per heavy atom. The van der Waals surface area contributed by atoms with Crippen LogP contribution in [0.4, 0.5) is 5.82 Å². The summed E-state index contributed by atoms with van der Waals surface area (Å²) in [5.74, 6) is 0.831. The van der Waals surface area contributed by atoms with Gasteiger partial charge in [0.1, 0.15) is 18.0 Å². The van der Waals surface area contributed by atoms with Gasteiger partial charge in [-0.15, -0.1) is 0 Å². The topological polar surface area (TPSA) is 69.5 Å². The van der Waals surface area contributed by atoms with E-state index in [0.29, 0.717) is 25.3 Å². The van der Waals surface area contributed by atoms with Gasteiger partial charge in [0.2, 0.25) is 0 Å². The Balaban J connectivity index is 1.67. The molecule has 116 valence electrons. The minimum atomic E-state index is -0.254. The summed E-state index contributed by atoms with van der Waals surface area (Å²) in [5.41, 5.74) is 0.585. The second-order valence-corrected chi connectivity index (χ2v) is 5.65. The zero-order valence-corrected chi connectivity index (χ0v) is 12.6. The molecule has 6 heteroatoms. The number of hydrogen-bond acceptors (Lipinski definition) is 5. The maximum Gasteiger partial charge on any atom is 0.251 e. The molecule has 0 unspecified atom stereocenters. The number of anilines is 1. The van der Waals surface area contributed by atoms with Crippen molar-refractivity contribution in [3.8, 4) is 6.07 Å². The first-order valence-corrected chi connectivity index (χ1v) is 7.80. The van der Waals surface area contributed by atoms with Gasteiger partial charge in [-0.3, -0.25) is 4.79 Å². The van der Waals surface area contributed by atoms with E-state index in [9.17, 15) is 10.1 Å². The van der Waals surface area contributed by atoms with Crippen LogP contribution in [0.5, 0.6) is 0 Å². The Bertz CT molecular complexity index is 578. The van der Waals surface area contributed by atoms with Gasteiger partial charge < -0.3 is 14.5 Å². The SMILES string of the molecule is N#Cc1cccnc1N1CCCN(C(=O)[C@H]2CCCO2)CC1. The molecule has 1 aromatic heterocycles. The highest BCUT2D eigenvalue weighted by Gasteiger charge is 2.29. The monoisotopic (exact) mass is 300 g/mol. The summed E-state index contributed by atoms with van der Waals surface area (Å²) in [6, 6.07) is 5.74. The van der Waals surface area contributed by atoms with Crippen LogP contribution >= 0.6 is 0 Å². The number of pyridine rings is 1. The van der Waals surface area contributed by atoms with E-state index in [2.05, 4.69) is 16.0 Å². The van der Waals surface area contributed by atoms with E-state index in [1.165, 1.54) is 0 Å². The number of carbonyl (C=O) groups is 1. The Hall–Kier alpha value is -2.13. The van der Waals surface area contributed by atoms with E-state index in [4.69, 9.17) is 4.74 Å². The summed E-state index contributed by atoms with van der Waals surface area (Å²) in [6.07, 6.45) is 4.13. The smallest absolute Gasteiger partial charge is 0.251 e. The molecule has 2 aliphatic rings. The van der Waals surface area contributed by atoms with Crippen molar-refractivity contribution in [2.45, 2.75) is 25.4 Å². The highest BCUT2D eigenvalue weighted by atomic mass is 16.5. The first-order valence-electron chi connectivity index (χ1n) is 7.80. The van der Waals surface area contributed by atoms with Crippen molar-refractivity contribution in [3.63, 3.8) is 0 Å². The van der Waals surface area contributed by atoms with Crippen LogP contribution in [0.1, 0.15) is 24.8 Å². The molecule has 0 aliphatic carbocycles. The van der Waals surface area contributed by atoms with Gasteiger partial charge in [0.25, 0.3) is 5.91 Å². The van der Waals surface area contributed by atoms with Gasteiger partial charge in [0, 0.05) is 39.0 Å². The summed E-state index contributed by atoms with van der Waals surface area (Å²) >= 11 is 0. The van der Waals surface area contributed by atoms with E-state index >= 15 is 0 Å². The molecule has 1 atom stereocenters. The predicted octanol–water partition coefficient (Wildman–Crippen LogP) is 1.17. The molecule has 22 heavy (non-hydrogen) atoms. The fourth-order valence-corrected chi connectivity index (χ4v) is 3.06. The van der Waals surface area contributed by atoms with Gasteiger partial charge in [0.05, 0.1) is 5.56 Å². The number of carbonyl (C=O) groups excluding carboxylic acids is 1. The molecule has 6 nitrogen and oxygen atoms in total. The minimum Gasteiger partial charge on any atom is -0.368 e. The fourth-order valence-electron chi connectivity index (χ4n) is 3.06. The molecule has 2 saturated heterocycles. The fraction of sp³-hybridized carbons (Fsp3) is 0.562. The van der Waals surface area contributed by atoms with Gasteiger partial charge >= 0.3 is 0 Å². The Morgan fingerprint density at radius 3 is 3.00 bits per heavy atom. The van der Waals surface area contributed by atoms with Crippen LogP contribution in [0.25, 0.3) is 0 Å². The molecule has 0 N–H and O–H groups in total. The van der Waals surface area contributed by atoms with Crippen molar-refractivity contribution >= 4 is 11.7 Å². The Kier molecular flexibility index (Phi) is 4.54. The number of ether oxygens (including phenoxy) is 1. The third kappa shape index (κ3) is 3.04. The summed E-state index contributed by atoms with van der Waals surface area (Å²) in [4.78, 5) is 20.8. The highest BCUT2D eigenvalue weighted by molar-refractivity contribution is 5.81. The van der Waals surface area contributed by atoms with E-state index in [1.807, 2.05) is 4.90 Å². The predicted molar refractivity (Wildman–Crippen MR) is 81.3 cm³/mol. The van der Waals surface area contributed by atoms with Crippen molar-refractivity contribution in [3.05, 3.63) is 23.9 Å². The van der Waals surface area contributed by atoms with Crippen LogP contribution in [0.2, 0.25) is 0 Å². The number of hydrogen-bond donors (Lipinski definition) is 0. The lowest BCUT2D eigenvalue weighted by Gasteiger charge is -2.24. The number of amides is 1. The van der Waals surface area contributed by atoms with Crippen molar-refractivity contribution in [1.29, 1.82) is 5.26 Å². The van der Waals surface area contributed by atoms with Gasteiger partial charge in [-0.2, -0.15) is 5.26 Å². The maximum atomic E-state index is 12.4. The van der Waals surface area contributed by atoms with Crippen molar-refractivity contribution < 1.29 is 9.53 Å². The first-order chi connectivity index (χ1) is 10.8. The molecule has 2 fully saturated rings. The lowest BCUT2D eigenvalue weighted by atomic mass is 10.2. The molecule has 1 aromatic rings. The molecular weight excluding hydrogens is 280 g/mol. The third-order valence-electron chi connectivity index (χ3n) is 4.22. The average molecular weight is 300 g/mol. The van der Waals surface area contributed by atoms with Crippen molar-refractivity contribution in [1.82, 2.24) is 9.88 Å². The molecule has 3 heterocycles. The number of aromatic nitrogens is 1. The Morgan fingerprint density at radius 1 is 1.32 bits per heavy atom. The molecule has 0 bridgehead atoms. The molecule has 3 rings (SSSR count). The van der Waals surface area contributed by atoms with E-state index in [-0.39, 0.29) is 12.0 Å². The number of rotatable bonds is 2.